The molecule has 6 fully saturated rings. The van der Waals surface area contributed by atoms with Crippen molar-refractivity contribution in [3.63, 3.8) is 0 Å². The molecular weight excluding hydrogens is 697 g/mol. The zero-order valence-electron chi connectivity index (χ0n) is 35.0. The van der Waals surface area contributed by atoms with Gasteiger partial charge in [-0.2, -0.15) is 0 Å². The Morgan fingerprint density at radius 3 is 0.490 bits per heavy atom. The van der Waals surface area contributed by atoms with E-state index in [9.17, 15) is 9.59 Å². The Bertz CT molecular complexity index is 693. The van der Waals surface area contributed by atoms with Gasteiger partial charge in [0.05, 0.1) is 11.2 Å². The molecule has 0 aromatic heterocycles. The molecule has 6 aliphatic rings. The monoisotopic (exact) mass is 785 g/mol. The van der Waals surface area contributed by atoms with E-state index in [4.69, 9.17) is 10.2 Å². The van der Waals surface area contributed by atoms with Crippen LogP contribution in [0.15, 0.2) is 0 Å². The summed E-state index contributed by atoms with van der Waals surface area (Å²) in [6, 6.07) is 0. The molecule has 0 bridgehead atoms. The predicted octanol–water partition coefficient (Wildman–Crippen LogP) is 13.4. The minimum absolute atomic E-state index is 0. The molecule has 0 amide bonds. The largest absolute Gasteiger partial charge is 0.431 e. The van der Waals surface area contributed by atoms with Gasteiger partial charge in [-0.25, -0.2) is 0 Å². The van der Waals surface area contributed by atoms with E-state index in [1.54, 1.807) is 41.5 Å². The van der Waals surface area contributed by atoms with Crippen LogP contribution in [0.3, 0.4) is 0 Å². The van der Waals surface area contributed by atoms with Crippen molar-refractivity contribution in [3.05, 3.63) is 0 Å². The molecule has 0 spiro atoms. The van der Waals surface area contributed by atoms with Crippen LogP contribution in [0.2, 0.25) is 33.2 Å². The van der Waals surface area contributed by atoms with Gasteiger partial charge in [-0.1, -0.05) is 193 Å². The molecule has 0 saturated heterocycles. The average molecular weight is 785 g/mol. The second-order valence-electron chi connectivity index (χ2n) is 20.1. The smallest absolute Gasteiger partial charge is 0.197 e. The summed E-state index contributed by atoms with van der Waals surface area (Å²) in [7, 11) is -4.09. The average Bonchev–Trinajstić information content (AvgIpc) is 3.12. The summed E-state index contributed by atoms with van der Waals surface area (Å²) in [5, 5.41) is 17.0. The standard InChI is InChI=1S/2C18H34OSi.2C4H10O.Ti/c2*19-20(16-10-4-1-5-11-16,17-12-6-2-7-13-17)18-14-8-3-9-15-18;2*1-4(2,3)5;/h2*16-19H,1-15H2;2*5H,1-3H3;. The van der Waals surface area contributed by atoms with Gasteiger partial charge in [-0.15, -0.1) is 0 Å². The molecule has 6 saturated carbocycles. The Labute approximate surface area is 335 Å². The van der Waals surface area contributed by atoms with Crippen LogP contribution < -0.4 is 0 Å². The van der Waals surface area contributed by atoms with E-state index in [0.717, 1.165) is 33.2 Å². The van der Waals surface area contributed by atoms with Crippen LogP contribution in [0.5, 0.6) is 0 Å². The third-order valence-corrected chi connectivity index (χ3v) is 24.9. The van der Waals surface area contributed by atoms with Crippen molar-refractivity contribution in [1.82, 2.24) is 0 Å². The number of hydrogen-bond donors (Lipinski definition) is 4. The Hall–Kier alpha value is 0.988. The molecule has 0 aromatic rings. The summed E-state index contributed by atoms with van der Waals surface area (Å²) in [5.74, 6) is 0. The van der Waals surface area contributed by atoms with Gasteiger partial charge in [0.1, 0.15) is 0 Å². The molecule has 0 aliphatic heterocycles. The molecule has 4 N–H and O–H groups in total. The Morgan fingerprint density at radius 2 is 0.392 bits per heavy atom. The number of hydrogen-bond acceptors (Lipinski definition) is 4. The van der Waals surface area contributed by atoms with Gasteiger partial charge in [0.15, 0.2) is 16.6 Å². The van der Waals surface area contributed by atoms with Crippen molar-refractivity contribution in [2.24, 2.45) is 0 Å². The van der Waals surface area contributed by atoms with Crippen LogP contribution in [0, 0.1) is 0 Å². The van der Waals surface area contributed by atoms with Gasteiger partial charge in [0.2, 0.25) is 0 Å². The molecule has 0 atom stereocenters. The first-order chi connectivity index (χ1) is 23.6. The van der Waals surface area contributed by atoms with Crippen molar-refractivity contribution in [3.8, 4) is 0 Å². The Kier molecular flexibility index (Phi) is 22.6. The molecule has 6 rings (SSSR count). The summed E-state index contributed by atoms with van der Waals surface area (Å²) >= 11 is 0. The minimum atomic E-state index is -2.05. The fourth-order valence-corrected chi connectivity index (χ4v) is 23.4. The van der Waals surface area contributed by atoms with Gasteiger partial charge in [-0.05, 0) is 74.8 Å². The van der Waals surface area contributed by atoms with Crippen LogP contribution in [-0.4, -0.2) is 47.6 Å². The normalized spacial score (nSPS) is 24.8. The number of aliphatic hydroxyl groups is 2. The summed E-state index contributed by atoms with van der Waals surface area (Å²) in [6.45, 7) is 10.5. The molecule has 4 nitrogen and oxygen atoms in total. The van der Waals surface area contributed by atoms with Gasteiger partial charge >= 0.3 is 0 Å². The molecule has 0 radical (unpaired) electrons. The topological polar surface area (TPSA) is 80.9 Å². The zero-order chi connectivity index (χ0) is 36.7. The molecule has 300 valence electrons. The van der Waals surface area contributed by atoms with Crippen LogP contribution >= 0.6 is 0 Å². The summed E-state index contributed by atoms with van der Waals surface area (Å²) < 4.78 is 0. The van der Waals surface area contributed by atoms with Crippen LogP contribution in [-0.2, 0) is 21.7 Å². The first-order valence-electron chi connectivity index (χ1n) is 22.5. The van der Waals surface area contributed by atoms with Gasteiger partial charge < -0.3 is 19.8 Å². The number of rotatable bonds is 6. The molecular formula is C44H88O4Si2Ti. The molecule has 6 aliphatic carbocycles. The van der Waals surface area contributed by atoms with Gasteiger partial charge in [0.25, 0.3) is 0 Å². The van der Waals surface area contributed by atoms with Crippen molar-refractivity contribution in [2.75, 3.05) is 0 Å². The van der Waals surface area contributed by atoms with Crippen LogP contribution in [0.4, 0.5) is 0 Å². The molecule has 51 heavy (non-hydrogen) atoms. The molecule has 0 unspecified atom stereocenters. The fraction of sp³-hybridized carbons (Fsp3) is 1.00. The molecule has 0 heterocycles. The summed E-state index contributed by atoms with van der Waals surface area (Å²) in [5.41, 5.74) is 3.60. The molecule has 7 heteroatoms. The van der Waals surface area contributed by atoms with Crippen molar-refractivity contribution >= 4 is 16.6 Å². The van der Waals surface area contributed by atoms with E-state index in [2.05, 4.69) is 0 Å². The van der Waals surface area contributed by atoms with Crippen LogP contribution in [0.25, 0.3) is 0 Å². The third-order valence-electron chi connectivity index (χ3n) is 13.6. The molecule has 0 aromatic carbocycles. The first-order valence-corrected chi connectivity index (χ1v) is 26.9. The zero-order valence-corrected chi connectivity index (χ0v) is 38.5. The predicted molar refractivity (Wildman–Crippen MR) is 221 cm³/mol. The first kappa shape index (κ1) is 48.1. The van der Waals surface area contributed by atoms with E-state index >= 15 is 0 Å². The van der Waals surface area contributed by atoms with E-state index in [0.29, 0.717) is 0 Å². The van der Waals surface area contributed by atoms with E-state index in [1.165, 1.54) is 193 Å². The van der Waals surface area contributed by atoms with E-state index in [-0.39, 0.29) is 21.7 Å². The Morgan fingerprint density at radius 1 is 0.294 bits per heavy atom. The van der Waals surface area contributed by atoms with Gasteiger partial charge in [-0.3, -0.25) is 0 Å². The van der Waals surface area contributed by atoms with Crippen molar-refractivity contribution in [2.45, 2.75) is 279 Å². The van der Waals surface area contributed by atoms with Gasteiger partial charge in [0, 0.05) is 21.7 Å². The second-order valence-corrected chi connectivity index (χ2v) is 28.6. The maximum absolute atomic E-state index is 12.0. The van der Waals surface area contributed by atoms with E-state index < -0.39 is 27.8 Å². The second kappa shape index (κ2) is 23.9. The van der Waals surface area contributed by atoms with Crippen molar-refractivity contribution < 1.29 is 41.5 Å². The van der Waals surface area contributed by atoms with Crippen LogP contribution in [0.1, 0.15) is 234 Å². The van der Waals surface area contributed by atoms with E-state index in [1.807, 2.05) is 0 Å². The minimum Gasteiger partial charge on any atom is -0.431 e. The fourth-order valence-electron chi connectivity index (χ4n) is 11.4. The maximum atomic E-state index is 12.0. The quantitative estimate of drug-likeness (QED) is 0.202. The summed E-state index contributed by atoms with van der Waals surface area (Å²) in [6.07, 6.45) is 41.8. The maximum Gasteiger partial charge on any atom is 0.197 e. The summed E-state index contributed by atoms with van der Waals surface area (Å²) in [4.78, 5) is 24.0. The Balaban J connectivity index is 0.000000276. The third kappa shape index (κ3) is 16.9. The van der Waals surface area contributed by atoms with Crippen molar-refractivity contribution in [1.29, 1.82) is 0 Å². The SMILES string of the molecule is CC(C)(C)O.CC(C)(C)O.O[Si](C1CCCCC1)(C1CCCCC1)C1CCCCC1.O[Si](C1CCCCC1)(C1CCCCC1)C1CCCCC1.[Ti].